The van der Waals surface area contributed by atoms with Crippen molar-refractivity contribution in [1.82, 2.24) is 9.55 Å². The van der Waals surface area contributed by atoms with E-state index in [2.05, 4.69) is 32.7 Å². The largest absolute Gasteiger partial charge is 0.494 e. The number of aromatic amines is 1. The summed E-state index contributed by atoms with van der Waals surface area (Å²) in [4.78, 5) is 25.3. The molecule has 2 N–H and O–H groups in total. The Bertz CT molecular complexity index is 594. The Kier molecular flexibility index (Phi) is 2.51. The van der Waals surface area contributed by atoms with E-state index in [4.69, 9.17) is 0 Å². The van der Waals surface area contributed by atoms with Gasteiger partial charge in [0, 0.05) is 6.54 Å². The second-order valence-corrected chi connectivity index (χ2v) is 6.31. The summed E-state index contributed by atoms with van der Waals surface area (Å²) in [6.07, 6.45) is 0. The maximum Gasteiger partial charge on any atom is 0.331 e. The molecule has 5 nitrogen and oxygen atoms in total. The zero-order valence-corrected chi connectivity index (χ0v) is 11.5. The van der Waals surface area contributed by atoms with Crippen LogP contribution in [0.1, 0.15) is 33.3 Å². The highest BCUT2D eigenvalue weighted by molar-refractivity contribution is 5.21. The number of rotatable bonds is 2. The molecule has 0 spiro atoms. The van der Waals surface area contributed by atoms with Crippen LogP contribution in [0.2, 0.25) is 0 Å². The average Bonchev–Trinajstić information content (AvgIpc) is 2.62. The van der Waals surface area contributed by atoms with E-state index in [0.29, 0.717) is 12.5 Å². The summed E-state index contributed by atoms with van der Waals surface area (Å²) >= 11 is 0. The smallest absolute Gasteiger partial charge is 0.331 e. The predicted molar refractivity (Wildman–Crippen MR) is 68.8 cm³/mol. The van der Waals surface area contributed by atoms with E-state index in [-0.39, 0.29) is 22.3 Å². The van der Waals surface area contributed by atoms with Gasteiger partial charge in [-0.2, -0.15) is 0 Å². The van der Waals surface area contributed by atoms with E-state index < -0.39 is 11.2 Å². The van der Waals surface area contributed by atoms with Crippen LogP contribution in [0, 0.1) is 23.7 Å². The molecule has 0 aromatic carbocycles. The highest BCUT2D eigenvalue weighted by Crippen LogP contribution is 2.68. The van der Waals surface area contributed by atoms with E-state index >= 15 is 0 Å². The van der Waals surface area contributed by atoms with Gasteiger partial charge in [-0.1, -0.05) is 27.7 Å². The zero-order valence-electron chi connectivity index (χ0n) is 11.5. The fraction of sp³-hybridized carbons (Fsp3) is 0.692. The number of H-pyrrole nitrogens is 1. The number of hydrogen-bond donors (Lipinski definition) is 2. The Morgan fingerprint density at radius 3 is 2.17 bits per heavy atom. The van der Waals surface area contributed by atoms with Crippen LogP contribution in [0.15, 0.2) is 9.59 Å². The number of aromatic nitrogens is 2. The summed E-state index contributed by atoms with van der Waals surface area (Å²) in [6, 6.07) is 0. The number of hydrogen-bond acceptors (Lipinski definition) is 3. The predicted octanol–water partition coefficient (Wildman–Crippen LogP) is 1.23. The van der Waals surface area contributed by atoms with Crippen LogP contribution in [-0.2, 0) is 6.54 Å². The molecule has 2 rings (SSSR count). The van der Waals surface area contributed by atoms with Gasteiger partial charge in [0.25, 0.3) is 5.56 Å². The third-order valence-electron chi connectivity index (χ3n) is 5.08. The van der Waals surface area contributed by atoms with Gasteiger partial charge in [-0.05, 0) is 23.7 Å². The van der Waals surface area contributed by atoms with Crippen molar-refractivity contribution in [3.63, 3.8) is 0 Å². The lowest BCUT2D eigenvalue weighted by Crippen LogP contribution is -2.32. The monoisotopic (exact) mass is 252 g/mol. The van der Waals surface area contributed by atoms with Crippen LogP contribution in [0.4, 0.5) is 0 Å². The molecule has 1 saturated carbocycles. The van der Waals surface area contributed by atoms with Crippen LogP contribution < -0.4 is 11.2 Å². The topological polar surface area (TPSA) is 75.1 Å². The minimum Gasteiger partial charge on any atom is -0.494 e. The molecule has 5 heteroatoms. The van der Waals surface area contributed by atoms with E-state index in [0.717, 1.165) is 0 Å². The standard InChI is InChI=1S/C13H20N2O3/c1-7-9(16)14-11(18)15(10(7)17)6-8-12(2,3)13(8,4)5/h8,17H,6H2,1-5H3,(H,14,16,18). The molecule has 1 fully saturated rings. The first-order valence-corrected chi connectivity index (χ1v) is 6.13. The average molecular weight is 252 g/mol. The van der Waals surface area contributed by atoms with Gasteiger partial charge in [0.15, 0.2) is 0 Å². The molecule has 0 bridgehead atoms. The maximum atomic E-state index is 11.7. The highest BCUT2D eigenvalue weighted by atomic mass is 16.3. The molecular weight excluding hydrogens is 232 g/mol. The van der Waals surface area contributed by atoms with Crippen molar-refractivity contribution < 1.29 is 5.11 Å². The van der Waals surface area contributed by atoms with Crippen LogP contribution in [0.25, 0.3) is 0 Å². The van der Waals surface area contributed by atoms with Crippen LogP contribution in [0.5, 0.6) is 5.88 Å². The van der Waals surface area contributed by atoms with Crippen molar-refractivity contribution in [2.24, 2.45) is 16.7 Å². The van der Waals surface area contributed by atoms with Crippen molar-refractivity contribution in [2.75, 3.05) is 0 Å². The molecule has 1 aromatic heterocycles. The minimum atomic E-state index is -0.540. The molecule has 0 atom stereocenters. The van der Waals surface area contributed by atoms with Gasteiger partial charge >= 0.3 is 5.69 Å². The van der Waals surface area contributed by atoms with Crippen LogP contribution >= 0.6 is 0 Å². The Morgan fingerprint density at radius 2 is 1.72 bits per heavy atom. The summed E-state index contributed by atoms with van der Waals surface area (Å²) in [6.45, 7) is 10.5. The van der Waals surface area contributed by atoms with Gasteiger partial charge in [-0.3, -0.25) is 14.3 Å². The van der Waals surface area contributed by atoms with Crippen molar-refractivity contribution in [3.8, 4) is 5.88 Å². The summed E-state index contributed by atoms with van der Waals surface area (Å²) < 4.78 is 1.26. The van der Waals surface area contributed by atoms with E-state index in [1.54, 1.807) is 0 Å². The quantitative estimate of drug-likeness (QED) is 0.831. The van der Waals surface area contributed by atoms with Crippen molar-refractivity contribution >= 4 is 0 Å². The van der Waals surface area contributed by atoms with Gasteiger partial charge in [-0.15, -0.1) is 0 Å². The molecule has 100 valence electrons. The molecular formula is C13H20N2O3. The third kappa shape index (κ3) is 1.53. The second-order valence-electron chi connectivity index (χ2n) is 6.31. The Balaban J connectivity index is 2.42. The Morgan fingerprint density at radius 1 is 1.22 bits per heavy atom. The minimum absolute atomic E-state index is 0.128. The van der Waals surface area contributed by atoms with Gasteiger partial charge in [0.1, 0.15) is 0 Å². The highest BCUT2D eigenvalue weighted by Gasteiger charge is 2.64. The molecule has 1 heterocycles. The molecule has 18 heavy (non-hydrogen) atoms. The molecule has 0 aliphatic heterocycles. The number of aromatic hydroxyl groups is 1. The first-order valence-electron chi connectivity index (χ1n) is 6.13. The maximum absolute atomic E-state index is 11.7. The number of nitrogens with one attached hydrogen (secondary N) is 1. The molecule has 0 radical (unpaired) electrons. The zero-order chi connectivity index (χ0) is 13.9. The fourth-order valence-electron chi connectivity index (χ4n) is 2.80. The van der Waals surface area contributed by atoms with Crippen LogP contribution in [0.3, 0.4) is 0 Å². The Hall–Kier alpha value is -1.52. The van der Waals surface area contributed by atoms with Crippen molar-refractivity contribution in [2.45, 2.75) is 41.2 Å². The lowest BCUT2D eigenvalue weighted by atomic mass is 10.0. The van der Waals surface area contributed by atoms with E-state index in [1.165, 1.54) is 11.5 Å². The summed E-state index contributed by atoms with van der Waals surface area (Å²) in [5, 5.41) is 9.92. The molecule has 0 saturated heterocycles. The van der Waals surface area contributed by atoms with Gasteiger partial charge in [0.2, 0.25) is 5.88 Å². The fourth-order valence-corrected chi connectivity index (χ4v) is 2.80. The SMILES string of the molecule is Cc1c(O)n(CC2C(C)(C)C2(C)C)c(=O)[nH]c1=O. The first-order chi connectivity index (χ1) is 8.10. The lowest BCUT2D eigenvalue weighted by molar-refractivity contribution is 0.372. The Labute approximate surface area is 105 Å². The summed E-state index contributed by atoms with van der Waals surface area (Å²) in [5.74, 6) is 0.0844. The molecule has 1 aliphatic rings. The van der Waals surface area contributed by atoms with E-state index in [9.17, 15) is 14.7 Å². The van der Waals surface area contributed by atoms with E-state index in [1.807, 2.05) is 0 Å². The third-order valence-corrected chi connectivity index (χ3v) is 5.08. The van der Waals surface area contributed by atoms with Gasteiger partial charge in [-0.25, -0.2) is 4.79 Å². The van der Waals surface area contributed by atoms with Gasteiger partial charge in [0.05, 0.1) is 5.56 Å². The number of nitrogens with zero attached hydrogens (tertiary/aromatic N) is 1. The summed E-state index contributed by atoms with van der Waals surface area (Å²) in [5.41, 5.74) is -0.623. The molecule has 1 aromatic rings. The van der Waals surface area contributed by atoms with Gasteiger partial charge < -0.3 is 5.11 Å². The van der Waals surface area contributed by atoms with Crippen LogP contribution in [-0.4, -0.2) is 14.7 Å². The normalized spacial score (nSPS) is 20.9. The molecule has 0 unspecified atom stereocenters. The molecule has 1 aliphatic carbocycles. The summed E-state index contributed by atoms with van der Waals surface area (Å²) in [7, 11) is 0. The van der Waals surface area contributed by atoms with Crippen molar-refractivity contribution in [3.05, 3.63) is 26.4 Å². The van der Waals surface area contributed by atoms with Crippen molar-refractivity contribution in [1.29, 1.82) is 0 Å². The molecule has 0 amide bonds. The lowest BCUT2D eigenvalue weighted by Gasteiger charge is -2.10. The first kappa shape index (κ1) is 12.9. The second kappa shape index (κ2) is 3.49.